The number of aliphatic hydroxyl groups is 2. The molecule has 1 heterocycles. The number of benzene rings is 1. The first-order valence-electron chi connectivity index (χ1n) is 6.35. The lowest BCUT2D eigenvalue weighted by Crippen LogP contribution is -2.61. The Kier molecular flexibility index (Phi) is 2.64. The molecule has 1 atom stereocenters. The van der Waals surface area contributed by atoms with E-state index < -0.39 is 11.7 Å². The van der Waals surface area contributed by atoms with Crippen LogP contribution in [0, 0.1) is 0 Å². The van der Waals surface area contributed by atoms with Crippen molar-refractivity contribution in [2.75, 3.05) is 13.1 Å². The summed E-state index contributed by atoms with van der Waals surface area (Å²) in [6, 6.07) is 7.93. The van der Waals surface area contributed by atoms with E-state index in [1.54, 1.807) is 4.90 Å². The number of aliphatic hydroxyl groups excluding tert-OH is 1. The maximum Gasteiger partial charge on any atom is 0.255 e. The average Bonchev–Trinajstić information content (AvgIpc) is 2.34. The zero-order valence-corrected chi connectivity index (χ0v) is 10.2. The van der Waals surface area contributed by atoms with E-state index in [0.717, 1.165) is 12.0 Å². The molecule has 0 saturated carbocycles. The summed E-state index contributed by atoms with van der Waals surface area (Å²) in [5.74, 6) is -0.234. The van der Waals surface area contributed by atoms with Crippen LogP contribution in [0.3, 0.4) is 0 Å². The molecule has 2 N–H and O–H groups in total. The van der Waals surface area contributed by atoms with Gasteiger partial charge in [-0.15, -0.1) is 0 Å². The number of carbonyl (C=O) groups is 1. The molecule has 4 nitrogen and oxygen atoms in total. The lowest BCUT2D eigenvalue weighted by atomic mass is 9.79. The Bertz CT molecular complexity index is 482. The SMILES string of the molecule is O=C(N1CC(O)C1)C1(O)CCc2ccccc2C1. The van der Waals surface area contributed by atoms with E-state index in [2.05, 4.69) is 0 Å². The number of fused-ring (bicyclic) bond motifs is 1. The van der Waals surface area contributed by atoms with Crippen molar-refractivity contribution in [3.8, 4) is 0 Å². The number of β-amino-alcohol motifs (C(OH)–C–C–N with tert-alkyl or cyclic N) is 1. The van der Waals surface area contributed by atoms with Gasteiger partial charge in [-0.05, 0) is 24.0 Å². The Morgan fingerprint density at radius 3 is 2.61 bits per heavy atom. The van der Waals surface area contributed by atoms with Gasteiger partial charge in [0.15, 0.2) is 0 Å². The van der Waals surface area contributed by atoms with Crippen LogP contribution in [0.15, 0.2) is 24.3 Å². The van der Waals surface area contributed by atoms with Gasteiger partial charge in [-0.2, -0.15) is 0 Å². The molecule has 1 unspecified atom stereocenters. The minimum atomic E-state index is -1.28. The second-order valence-corrected chi connectivity index (χ2v) is 5.34. The van der Waals surface area contributed by atoms with E-state index in [1.807, 2.05) is 24.3 Å². The number of hydrogen-bond acceptors (Lipinski definition) is 3. The molecule has 0 spiro atoms. The van der Waals surface area contributed by atoms with Crippen LogP contribution in [0.25, 0.3) is 0 Å². The number of carbonyl (C=O) groups excluding carboxylic acids is 1. The van der Waals surface area contributed by atoms with Gasteiger partial charge in [0.2, 0.25) is 0 Å². The molecule has 2 aliphatic rings. The minimum Gasteiger partial charge on any atom is -0.389 e. The first kappa shape index (κ1) is 11.7. The number of nitrogens with zero attached hydrogens (tertiary/aromatic N) is 1. The normalized spacial score (nSPS) is 27.6. The van der Waals surface area contributed by atoms with Crippen LogP contribution >= 0.6 is 0 Å². The maximum absolute atomic E-state index is 12.2. The highest BCUT2D eigenvalue weighted by molar-refractivity contribution is 5.86. The monoisotopic (exact) mass is 247 g/mol. The first-order valence-corrected chi connectivity index (χ1v) is 6.35. The van der Waals surface area contributed by atoms with Gasteiger partial charge in [-0.3, -0.25) is 4.79 Å². The van der Waals surface area contributed by atoms with Crippen molar-refractivity contribution in [3.05, 3.63) is 35.4 Å². The fraction of sp³-hybridized carbons (Fsp3) is 0.500. The molecule has 1 amide bonds. The second kappa shape index (κ2) is 4.07. The molecular weight excluding hydrogens is 230 g/mol. The lowest BCUT2D eigenvalue weighted by Gasteiger charge is -2.42. The fourth-order valence-corrected chi connectivity index (χ4v) is 2.82. The Labute approximate surface area is 106 Å². The Morgan fingerprint density at radius 1 is 1.28 bits per heavy atom. The molecule has 0 bridgehead atoms. The topological polar surface area (TPSA) is 60.8 Å². The third-order valence-electron chi connectivity index (χ3n) is 3.96. The largest absolute Gasteiger partial charge is 0.389 e. The van der Waals surface area contributed by atoms with Crippen LogP contribution in [0.4, 0.5) is 0 Å². The second-order valence-electron chi connectivity index (χ2n) is 5.34. The highest BCUT2D eigenvalue weighted by atomic mass is 16.3. The summed E-state index contributed by atoms with van der Waals surface area (Å²) in [6.07, 6.45) is 1.16. The van der Waals surface area contributed by atoms with Gasteiger partial charge in [-0.1, -0.05) is 24.3 Å². The van der Waals surface area contributed by atoms with E-state index in [-0.39, 0.29) is 5.91 Å². The van der Waals surface area contributed by atoms with E-state index in [1.165, 1.54) is 5.56 Å². The van der Waals surface area contributed by atoms with Crippen molar-refractivity contribution < 1.29 is 15.0 Å². The third-order valence-corrected chi connectivity index (χ3v) is 3.96. The lowest BCUT2D eigenvalue weighted by molar-refractivity contribution is -0.162. The molecule has 1 saturated heterocycles. The molecular formula is C14H17NO3. The van der Waals surface area contributed by atoms with E-state index >= 15 is 0 Å². The summed E-state index contributed by atoms with van der Waals surface area (Å²) in [7, 11) is 0. The molecule has 96 valence electrons. The van der Waals surface area contributed by atoms with E-state index in [9.17, 15) is 15.0 Å². The first-order chi connectivity index (χ1) is 8.58. The smallest absolute Gasteiger partial charge is 0.255 e. The van der Waals surface area contributed by atoms with Gasteiger partial charge in [0.25, 0.3) is 5.91 Å². The maximum atomic E-state index is 12.2. The molecule has 3 rings (SSSR count). The summed E-state index contributed by atoms with van der Waals surface area (Å²) >= 11 is 0. The number of hydrogen-bond donors (Lipinski definition) is 2. The Morgan fingerprint density at radius 2 is 1.94 bits per heavy atom. The molecule has 18 heavy (non-hydrogen) atoms. The van der Waals surface area contributed by atoms with Gasteiger partial charge in [0.05, 0.1) is 6.10 Å². The van der Waals surface area contributed by atoms with Gasteiger partial charge >= 0.3 is 0 Å². The van der Waals surface area contributed by atoms with Gasteiger partial charge in [-0.25, -0.2) is 0 Å². The molecule has 4 heteroatoms. The van der Waals surface area contributed by atoms with Crippen molar-refractivity contribution >= 4 is 5.91 Å². The van der Waals surface area contributed by atoms with Crippen LogP contribution < -0.4 is 0 Å². The number of aryl methyl sites for hydroxylation is 1. The van der Waals surface area contributed by atoms with Gasteiger partial charge < -0.3 is 15.1 Å². The highest BCUT2D eigenvalue weighted by Crippen LogP contribution is 2.31. The van der Waals surface area contributed by atoms with Crippen LogP contribution in [-0.2, 0) is 17.6 Å². The predicted octanol–water partition coefficient (Wildman–Crippen LogP) is 0.109. The van der Waals surface area contributed by atoms with Crippen LogP contribution in [-0.4, -0.2) is 45.8 Å². The number of likely N-dealkylation sites (tertiary alicyclic amines) is 1. The van der Waals surface area contributed by atoms with E-state index in [4.69, 9.17) is 0 Å². The molecule has 1 aromatic carbocycles. The van der Waals surface area contributed by atoms with E-state index in [0.29, 0.717) is 25.9 Å². The van der Waals surface area contributed by atoms with Crippen molar-refractivity contribution in [1.29, 1.82) is 0 Å². The summed E-state index contributed by atoms with van der Waals surface area (Å²) in [6.45, 7) is 0.700. The Hall–Kier alpha value is -1.39. The minimum absolute atomic E-state index is 0.234. The summed E-state index contributed by atoms with van der Waals surface area (Å²) in [5, 5.41) is 19.8. The quantitative estimate of drug-likeness (QED) is 0.740. The van der Waals surface area contributed by atoms with Crippen molar-refractivity contribution in [3.63, 3.8) is 0 Å². The standard InChI is InChI=1S/C14H17NO3/c16-12-8-15(9-12)13(17)14(18)6-5-10-3-1-2-4-11(10)7-14/h1-4,12,16,18H,5-9H2. The predicted molar refractivity (Wildman–Crippen MR) is 66.0 cm³/mol. The van der Waals surface area contributed by atoms with Gasteiger partial charge in [0.1, 0.15) is 5.60 Å². The highest BCUT2D eigenvalue weighted by Gasteiger charge is 2.44. The average molecular weight is 247 g/mol. The molecule has 0 radical (unpaired) electrons. The van der Waals surface area contributed by atoms with Gasteiger partial charge in [0, 0.05) is 19.5 Å². The summed E-state index contributed by atoms with van der Waals surface area (Å²) < 4.78 is 0. The molecule has 1 aliphatic carbocycles. The molecule has 1 fully saturated rings. The summed E-state index contributed by atoms with van der Waals surface area (Å²) in [5.41, 5.74) is 0.994. The molecule has 0 aromatic heterocycles. The number of amides is 1. The fourth-order valence-electron chi connectivity index (χ4n) is 2.82. The molecule has 1 aromatic rings. The van der Waals surface area contributed by atoms with Crippen LogP contribution in [0.5, 0.6) is 0 Å². The third kappa shape index (κ3) is 1.82. The zero-order valence-electron chi connectivity index (χ0n) is 10.2. The van der Waals surface area contributed by atoms with Crippen LogP contribution in [0.1, 0.15) is 17.5 Å². The van der Waals surface area contributed by atoms with Crippen molar-refractivity contribution in [2.45, 2.75) is 31.0 Å². The molecule has 1 aliphatic heterocycles. The van der Waals surface area contributed by atoms with Crippen LogP contribution in [0.2, 0.25) is 0 Å². The Balaban J connectivity index is 1.79. The van der Waals surface area contributed by atoms with Crippen molar-refractivity contribution in [1.82, 2.24) is 4.90 Å². The van der Waals surface area contributed by atoms with Crippen molar-refractivity contribution in [2.24, 2.45) is 0 Å². The zero-order chi connectivity index (χ0) is 12.8. The summed E-state index contributed by atoms with van der Waals surface area (Å²) in [4.78, 5) is 13.8. The number of rotatable bonds is 1.